The molecule has 1 aromatic heterocycles. The molecular formula is C14H22N2O9P-. The number of nitrogens with zero attached hydrogens (tertiary/aromatic N) is 1. The van der Waals surface area contributed by atoms with Crippen LogP contribution in [-0.4, -0.2) is 64.1 Å². The van der Waals surface area contributed by atoms with Gasteiger partial charge in [0.05, 0.1) is 13.2 Å². The van der Waals surface area contributed by atoms with E-state index in [4.69, 9.17) is 9.47 Å². The summed E-state index contributed by atoms with van der Waals surface area (Å²) in [5, 5.41) is 20.1. The largest absolute Gasteiger partial charge is 0.778 e. The highest BCUT2D eigenvalue weighted by molar-refractivity contribution is 7.51. The van der Waals surface area contributed by atoms with Crippen LogP contribution in [0.3, 0.4) is 0 Å². The fourth-order valence-corrected chi connectivity index (χ4v) is 3.58. The van der Waals surface area contributed by atoms with Crippen LogP contribution in [0.25, 0.3) is 0 Å². The van der Waals surface area contributed by atoms with Crippen molar-refractivity contribution in [3.63, 3.8) is 0 Å². The first-order valence-corrected chi connectivity index (χ1v) is 9.83. The molecule has 11 nitrogen and oxygen atoms in total. The first-order chi connectivity index (χ1) is 12.2. The van der Waals surface area contributed by atoms with Crippen molar-refractivity contribution in [3.05, 3.63) is 33.1 Å². The summed E-state index contributed by atoms with van der Waals surface area (Å²) in [4.78, 5) is 36.3. The maximum absolute atomic E-state index is 11.8. The van der Waals surface area contributed by atoms with Gasteiger partial charge in [-0.2, -0.15) is 0 Å². The lowest BCUT2D eigenvalue weighted by Gasteiger charge is -2.22. The molecule has 0 spiro atoms. The average molecular weight is 393 g/mol. The van der Waals surface area contributed by atoms with Crippen LogP contribution >= 0.6 is 7.60 Å². The Hall–Kier alpha value is -1.33. The Labute approximate surface area is 148 Å². The predicted octanol–water partition coefficient (Wildman–Crippen LogP) is -1.85. The summed E-state index contributed by atoms with van der Waals surface area (Å²) in [7, 11) is -3.86. The summed E-state index contributed by atoms with van der Waals surface area (Å²) in [5.41, 5.74) is -1.38. The second-order valence-corrected chi connectivity index (χ2v) is 7.67. The van der Waals surface area contributed by atoms with E-state index in [0.29, 0.717) is 0 Å². The smallest absolute Gasteiger partial charge is 0.330 e. The monoisotopic (exact) mass is 393 g/mol. The van der Waals surface area contributed by atoms with E-state index in [0.717, 1.165) is 16.8 Å². The Morgan fingerprint density at radius 3 is 2.77 bits per heavy atom. The fraction of sp³-hybridized carbons (Fsp3) is 0.714. The Morgan fingerprint density at radius 1 is 1.38 bits per heavy atom. The molecule has 148 valence electrons. The third-order valence-corrected chi connectivity index (χ3v) is 5.31. The van der Waals surface area contributed by atoms with E-state index in [1.807, 2.05) is 4.98 Å². The van der Waals surface area contributed by atoms with Gasteiger partial charge in [-0.1, -0.05) is 0 Å². The van der Waals surface area contributed by atoms with Gasteiger partial charge in [0, 0.05) is 25.0 Å². The molecule has 0 radical (unpaired) electrons. The van der Waals surface area contributed by atoms with Gasteiger partial charge in [-0.05, 0) is 13.3 Å². The Morgan fingerprint density at radius 2 is 2.12 bits per heavy atom. The fourth-order valence-electron chi connectivity index (χ4n) is 2.55. The molecular weight excluding hydrogens is 371 g/mol. The number of aromatic nitrogens is 2. The standard InChI is InChI=1S/C14H23N2O9P/c1-2-24-26(21,22)7-3-6-23-8-9-11(18)12(19)13(25-9)16-5-4-10(17)15-14(16)20/h4-5,9,11-13,18-19H,2-3,6-8H2,1H3,(H,21,22)(H,15,17,20)/p-1/t9-,11-,12-,13-/m1/s1. The van der Waals surface area contributed by atoms with Gasteiger partial charge in [-0.15, -0.1) is 0 Å². The maximum Gasteiger partial charge on any atom is 0.330 e. The van der Waals surface area contributed by atoms with E-state index in [2.05, 4.69) is 4.52 Å². The zero-order valence-electron chi connectivity index (χ0n) is 14.1. The third kappa shape index (κ3) is 5.34. The van der Waals surface area contributed by atoms with Gasteiger partial charge in [0.2, 0.25) is 0 Å². The zero-order chi connectivity index (χ0) is 19.3. The molecule has 5 atom stereocenters. The summed E-state index contributed by atoms with van der Waals surface area (Å²) >= 11 is 0. The topological polar surface area (TPSA) is 163 Å². The van der Waals surface area contributed by atoms with Crippen LogP contribution < -0.4 is 16.1 Å². The van der Waals surface area contributed by atoms with Gasteiger partial charge in [-0.25, -0.2) is 4.79 Å². The molecule has 2 heterocycles. The van der Waals surface area contributed by atoms with Crippen LogP contribution in [-0.2, 0) is 18.6 Å². The number of aliphatic hydroxyl groups is 2. The van der Waals surface area contributed by atoms with Crippen LogP contribution in [0.1, 0.15) is 19.6 Å². The summed E-state index contributed by atoms with van der Waals surface area (Å²) in [5.74, 6) is 0. The van der Waals surface area contributed by atoms with E-state index in [9.17, 15) is 29.3 Å². The average Bonchev–Trinajstić information content (AvgIpc) is 2.83. The molecule has 0 aromatic carbocycles. The molecule has 1 aliphatic rings. The second kappa shape index (κ2) is 9.05. The number of hydrogen-bond donors (Lipinski definition) is 3. The van der Waals surface area contributed by atoms with Gasteiger partial charge in [0.1, 0.15) is 25.9 Å². The van der Waals surface area contributed by atoms with E-state index in [-0.39, 0.29) is 32.4 Å². The molecule has 1 unspecified atom stereocenters. The van der Waals surface area contributed by atoms with Crippen LogP contribution in [0.2, 0.25) is 0 Å². The zero-order valence-corrected chi connectivity index (χ0v) is 15.0. The Balaban J connectivity index is 1.85. The molecule has 3 N–H and O–H groups in total. The summed E-state index contributed by atoms with van der Waals surface area (Å²) < 4.78 is 27.7. The highest BCUT2D eigenvalue weighted by atomic mass is 31.2. The lowest BCUT2D eigenvalue weighted by Crippen LogP contribution is -2.37. The highest BCUT2D eigenvalue weighted by Crippen LogP contribution is 2.37. The number of nitrogens with one attached hydrogen (secondary N) is 1. The van der Waals surface area contributed by atoms with Crippen molar-refractivity contribution in [2.45, 2.75) is 37.9 Å². The molecule has 1 fully saturated rings. The van der Waals surface area contributed by atoms with Gasteiger partial charge in [-0.3, -0.25) is 14.3 Å². The number of aliphatic hydroxyl groups excluding tert-OH is 2. The van der Waals surface area contributed by atoms with Crippen LogP contribution in [0.4, 0.5) is 0 Å². The van der Waals surface area contributed by atoms with Gasteiger partial charge in [0.15, 0.2) is 6.23 Å². The Bertz CT molecular complexity index is 748. The molecule has 0 bridgehead atoms. The quantitative estimate of drug-likeness (QED) is 0.323. The van der Waals surface area contributed by atoms with Crippen molar-refractivity contribution in [1.82, 2.24) is 9.55 Å². The van der Waals surface area contributed by atoms with Crippen molar-refractivity contribution in [1.29, 1.82) is 0 Å². The summed E-state index contributed by atoms with van der Waals surface area (Å²) in [6.07, 6.45) is -3.62. The normalized spacial score (nSPS) is 28.2. The Kier molecular flexibility index (Phi) is 7.30. The minimum Gasteiger partial charge on any atom is -0.778 e. The molecule has 1 aromatic rings. The SMILES string of the molecule is CCOP(=O)([O-])CCCOC[C@H]1O[C@@H](n2ccc(=O)[nH]c2=O)[C@H](O)[C@@H]1O. The number of ether oxygens (including phenoxy) is 2. The molecule has 26 heavy (non-hydrogen) atoms. The van der Waals surface area contributed by atoms with E-state index in [1.54, 1.807) is 6.92 Å². The number of rotatable bonds is 9. The lowest BCUT2D eigenvalue weighted by molar-refractivity contribution is -0.198. The molecule has 0 amide bonds. The van der Waals surface area contributed by atoms with Crippen molar-refractivity contribution >= 4 is 7.60 Å². The summed E-state index contributed by atoms with van der Waals surface area (Å²) in [6, 6.07) is 1.09. The molecule has 12 heteroatoms. The number of aromatic amines is 1. The lowest BCUT2D eigenvalue weighted by atomic mass is 10.1. The second-order valence-electron chi connectivity index (χ2n) is 5.74. The minimum atomic E-state index is -3.86. The van der Waals surface area contributed by atoms with Gasteiger partial charge >= 0.3 is 5.69 Å². The maximum atomic E-state index is 11.8. The van der Waals surface area contributed by atoms with E-state index in [1.165, 1.54) is 0 Å². The number of H-pyrrole nitrogens is 1. The first-order valence-electron chi connectivity index (χ1n) is 8.10. The van der Waals surface area contributed by atoms with Crippen molar-refractivity contribution in [3.8, 4) is 0 Å². The van der Waals surface area contributed by atoms with E-state index >= 15 is 0 Å². The molecule has 2 rings (SSSR count). The first kappa shape index (κ1) is 21.0. The molecule has 0 saturated carbocycles. The van der Waals surface area contributed by atoms with Crippen LogP contribution in [0.15, 0.2) is 21.9 Å². The molecule has 1 aliphatic heterocycles. The minimum absolute atomic E-state index is 0.0765. The molecule has 1 saturated heterocycles. The van der Waals surface area contributed by atoms with Crippen LogP contribution in [0, 0.1) is 0 Å². The van der Waals surface area contributed by atoms with Crippen LogP contribution in [0.5, 0.6) is 0 Å². The number of hydrogen-bond acceptors (Lipinski definition) is 9. The highest BCUT2D eigenvalue weighted by Gasteiger charge is 2.44. The summed E-state index contributed by atoms with van der Waals surface area (Å²) in [6.45, 7) is 1.64. The van der Waals surface area contributed by atoms with Crippen molar-refractivity contribution < 1.29 is 33.7 Å². The van der Waals surface area contributed by atoms with Crippen molar-refractivity contribution in [2.75, 3.05) is 26.0 Å². The van der Waals surface area contributed by atoms with Gasteiger partial charge < -0.3 is 33.7 Å². The van der Waals surface area contributed by atoms with E-state index < -0.39 is 43.4 Å². The van der Waals surface area contributed by atoms with Gasteiger partial charge in [0.25, 0.3) is 5.56 Å². The van der Waals surface area contributed by atoms with Crippen molar-refractivity contribution in [2.24, 2.45) is 0 Å². The molecule has 0 aliphatic carbocycles. The third-order valence-electron chi connectivity index (χ3n) is 3.79. The predicted molar refractivity (Wildman–Crippen MR) is 86.8 cm³/mol.